The maximum atomic E-state index is 11.2. The first-order chi connectivity index (χ1) is 19.5. The minimum atomic E-state index is -0.211. The summed E-state index contributed by atoms with van der Waals surface area (Å²) in [4.78, 5) is 0. The van der Waals surface area contributed by atoms with Crippen LogP contribution in [0.15, 0.2) is 121 Å². The van der Waals surface area contributed by atoms with Gasteiger partial charge in [0.15, 0.2) is 0 Å². The van der Waals surface area contributed by atoms with Gasteiger partial charge >= 0.3 is 26.2 Å². The third-order valence-corrected chi connectivity index (χ3v) is 5.86. The molecule has 7 heteroatoms. The molecule has 6 rings (SSSR count). The van der Waals surface area contributed by atoms with E-state index in [1.165, 1.54) is 50.0 Å². The van der Waals surface area contributed by atoms with Gasteiger partial charge in [-0.3, -0.25) is 0 Å². The van der Waals surface area contributed by atoms with Crippen LogP contribution in [0.5, 0.6) is 34.5 Å². The van der Waals surface area contributed by atoms with E-state index in [0.717, 1.165) is 0 Å². The number of methoxy groups -OCH3 is 4. The number of fused-ring (bicyclic) bond motifs is 2. The van der Waals surface area contributed by atoms with Crippen LogP contribution in [0.4, 0.5) is 0 Å². The van der Waals surface area contributed by atoms with Crippen molar-refractivity contribution in [1.82, 2.24) is 0 Å². The summed E-state index contributed by atoms with van der Waals surface area (Å²) in [7, 11) is 5.82. The molecule has 6 aromatic rings. The van der Waals surface area contributed by atoms with Crippen molar-refractivity contribution in [2.24, 2.45) is 0 Å². The Bertz CT molecular complexity index is 1360. The number of ether oxygens (including phenoxy) is 4. The van der Waals surface area contributed by atoms with Crippen LogP contribution < -0.4 is 29.2 Å². The monoisotopic (exact) mass is 626 g/mol. The number of hydrogen-bond acceptors (Lipinski definition) is 6. The van der Waals surface area contributed by atoms with E-state index in [1.807, 2.05) is 0 Å². The van der Waals surface area contributed by atoms with Crippen molar-refractivity contribution in [3.63, 3.8) is 0 Å². The van der Waals surface area contributed by atoms with Crippen LogP contribution in [0, 0.1) is 0 Å². The van der Waals surface area contributed by atoms with Crippen molar-refractivity contribution in [3.05, 3.63) is 121 Å². The molecule has 0 aliphatic rings. The Kier molecular flexibility index (Phi) is 14.1. The first-order valence-corrected chi connectivity index (χ1v) is 12.5. The van der Waals surface area contributed by atoms with Crippen molar-refractivity contribution in [1.29, 1.82) is 0 Å². The van der Waals surface area contributed by atoms with Crippen molar-refractivity contribution in [2.45, 2.75) is 0 Å². The van der Waals surface area contributed by atoms with Gasteiger partial charge in [0, 0.05) is 0 Å². The SMILES string of the molecule is COc1cccc(OC)c1[O-].COc1cccc(OC)c1[O-].[Zr+4].c1ccc2[cH-]ccc2c1.c1ccc2[cH-]ccc2c1. The zero-order valence-electron chi connectivity index (χ0n) is 23.5. The molecule has 0 saturated carbocycles. The second-order valence-electron chi connectivity index (χ2n) is 8.29. The van der Waals surface area contributed by atoms with E-state index >= 15 is 0 Å². The molecule has 0 unspecified atom stereocenters. The van der Waals surface area contributed by atoms with Crippen LogP contribution >= 0.6 is 0 Å². The minimum absolute atomic E-state index is 0. The number of benzene rings is 4. The molecule has 0 bridgehead atoms. The standard InChI is InChI=1S/2C9H7.2C8H10O3.Zr/c2*1-2-5-9-7-3-6-8(9)4-1;2*1-10-6-4-3-5-7(11-2)8(6)9;/h2*1-7H;2*3-5,9H,1-2H3;/q2*-1;;;+4/p-2. The van der Waals surface area contributed by atoms with Gasteiger partial charge in [-0.15, -0.1) is 59.3 Å². The summed E-state index contributed by atoms with van der Waals surface area (Å²) in [5, 5.41) is 27.7. The summed E-state index contributed by atoms with van der Waals surface area (Å²) < 4.78 is 19.2. The average Bonchev–Trinajstić information content (AvgIpc) is 3.68. The fraction of sp³-hybridized carbons (Fsp3) is 0.118. The van der Waals surface area contributed by atoms with Crippen molar-refractivity contribution in [3.8, 4) is 34.5 Å². The van der Waals surface area contributed by atoms with E-state index < -0.39 is 0 Å². The Labute approximate surface area is 260 Å². The maximum absolute atomic E-state index is 11.2. The Morgan fingerprint density at radius 2 is 0.756 bits per heavy atom. The van der Waals surface area contributed by atoms with Crippen LogP contribution in [0.2, 0.25) is 0 Å². The average molecular weight is 628 g/mol. The van der Waals surface area contributed by atoms with E-state index in [4.69, 9.17) is 18.9 Å². The van der Waals surface area contributed by atoms with Gasteiger partial charge in [-0.25, -0.2) is 0 Å². The molecule has 6 nitrogen and oxygen atoms in total. The van der Waals surface area contributed by atoms with Gasteiger partial charge in [-0.05, 0) is 35.8 Å². The molecule has 6 aromatic carbocycles. The molecule has 41 heavy (non-hydrogen) atoms. The summed E-state index contributed by atoms with van der Waals surface area (Å²) in [5.41, 5.74) is 0. The van der Waals surface area contributed by atoms with Crippen molar-refractivity contribution in [2.75, 3.05) is 28.4 Å². The van der Waals surface area contributed by atoms with Gasteiger partial charge in [0.05, 0.1) is 28.4 Å². The fourth-order valence-electron chi connectivity index (χ4n) is 3.77. The van der Waals surface area contributed by atoms with E-state index in [-0.39, 0.29) is 37.7 Å². The van der Waals surface area contributed by atoms with Gasteiger partial charge < -0.3 is 29.2 Å². The van der Waals surface area contributed by atoms with Crippen LogP contribution in [0.3, 0.4) is 0 Å². The molecule has 0 radical (unpaired) electrons. The van der Waals surface area contributed by atoms with Gasteiger partial charge in [-0.2, -0.15) is 35.0 Å². The molecule has 0 saturated heterocycles. The normalized spacial score (nSPS) is 9.46. The zero-order valence-corrected chi connectivity index (χ0v) is 26.0. The Balaban J connectivity index is 0.000000190. The molecule has 0 spiro atoms. The second kappa shape index (κ2) is 17.5. The van der Waals surface area contributed by atoms with Crippen LogP contribution in [0.1, 0.15) is 0 Å². The predicted molar refractivity (Wildman–Crippen MR) is 157 cm³/mol. The first-order valence-electron chi connectivity index (χ1n) is 12.5. The van der Waals surface area contributed by atoms with Gasteiger partial charge in [0.2, 0.25) is 0 Å². The van der Waals surface area contributed by atoms with E-state index in [0.29, 0.717) is 23.0 Å². The van der Waals surface area contributed by atoms with E-state index in [1.54, 1.807) is 36.4 Å². The summed E-state index contributed by atoms with van der Waals surface area (Å²) in [6, 6.07) is 39.2. The fourth-order valence-corrected chi connectivity index (χ4v) is 3.77. The summed E-state index contributed by atoms with van der Waals surface area (Å²) in [5.74, 6) is 0.817. The molecule has 0 amide bonds. The first kappa shape index (κ1) is 33.0. The smallest absolute Gasteiger partial charge is 0.867 e. The maximum Gasteiger partial charge on any atom is 4.00 e. The van der Waals surface area contributed by atoms with Gasteiger partial charge in [0.25, 0.3) is 0 Å². The molecule has 0 N–H and O–H groups in total. The topological polar surface area (TPSA) is 83.0 Å². The number of para-hydroxylation sites is 2. The number of hydrogen-bond donors (Lipinski definition) is 0. The molecule has 0 aliphatic heterocycles. The van der Waals surface area contributed by atoms with E-state index in [9.17, 15) is 10.2 Å². The van der Waals surface area contributed by atoms with Crippen molar-refractivity contribution >= 4 is 21.5 Å². The summed E-state index contributed by atoms with van der Waals surface area (Å²) in [6.45, 7) is 0. The predicted octanol–water partition coefficient (Wildman–Crippen LogP) is 6.67. The van der Waals surface area contributed by atoms with Gasteiger partial charge in [-0.1, -0.05) is 24.3 Å². The molecule has 0 heterocycles. The molecule has 0 aromatic heterocycles. The van der Waals surface area contributed by atoms with Crippen LogP contribution in [0.25, 0.3) is 21.5 Å². The molecule has 208 valence electrons. The molecular weight excluding hydrogens is 596 g/mol. The zero-order chi connectivity index (χ0) is 28.7. The molecular formula is C34H32O6Zr. The Morgan fingerprint density at radius 3 is 1.05 bits per heavy atom. The van der Waals surface area contributed by atoms with E-state index in [2.05, 4.69) is 84.9 Å². The Morgan fingerprint density at radius 1 is 0.439 bits per heavy atom. The molecule has 0 fully saturated rings. The number of rotatable bonds is 4. The quantitative estimate of drug-likeness (QED) is 0.203. The summed E-state index contributed by atoms with van der Waals surface area (Å²) >= 11 is 0. The largest absolute Gasteiger partial charge is 4.00 e. The van der Waals surface area contributed by atoms with Crippen LogP contribution in [-0.4, -0.2) is 28.4 Å². The van der Waals surface area contributed by atoms with Crippen molar-refractivity contribution < 1.29 is 55.4 Å². The minimum Gasteiger partial charge on any atom is -0.867 e. The molecule has 0 atom stereocenters. The third-order valence-electron chi connectivity index (χ3n) is 5.86. The second-order valence-corrected chi connectivity index (χ2v) is 8.29. The summed E-state index contributed by atoms with van der Waals surface area (Å²) in [6.07, 6.45) is 0. The van der Waals surface area contributed by atoms with Crippen LogP contribution in [-0.2, 0) is 26.2 Å². The molecule has 0 aliphatic carbocycles. The Hall–Kier alpha value is -4.22. The van der Waals surface area contributed by atoms with Gasteiger partial charge in [0.1, 0.15) is 23.0 Å². The third kappa shape index (κ3) is 9.44.